The van der Waals surface area contributed by atoms with Crippen molar-refractivity contribution in [1.29, 1.82) is 0 Å². The Kier molecular flexibility index (Phi) is 8.84. The van der Waals surface area contributed by atoms with Crippen LogP contribution in [0.15, 0.2) is 36.4 Å². The lowest BCUT2D eigenvalue weighted by molar-refractivity contribution is -0.117. The number of halogens is 3. The average molecular weight is 386 g/mol. The molecule has 0 radical (unpaired) electrons. The molecule has 0 spiro atoms. The van der Waals surface area contributed by atoms with Gasteiger partial charge in [-0.05, 0) is 24.8 Å². The number of carbonyl (C=O) groups excluding carboxylic acids is 2. The van der Waals surface area contributed by atoms with Crippen LogP contribution in [0.4, 0.5) is 18.0 Å². The van der Waals surface area contributed by atoms with Crippen molar-refractivity contribution in [1.82, 2.24) is 10.6 Å². The quantitative estimate of drug-likeness (QED) is 0.666. The Labute approximate surface area is 157 Å². The lowest BCUT2D eigenvalue weighted by atomic mass is 10.0. The third-order valence-corrected chi connectivity index (χ3v) is 3.54. The van der Waals surface area contributed by atoms with E-state index in [1.807, 2.05) is 13.8 Å². The Hall–Kier alpha value is -2.51. The van der Waals surface area contributed by atoms with E-state index in [1.54, 1.807) is 13.0 Å². The monoisotopic (exact) mass is 386 g/mol. The molecule has 0 aliphatic heterocycles. The van der Waals surface area contributed by atoms with Gasteiger partial charge in [0.25, 0.3) is 0 Å². The van der Waals surface area contributed by atoms with Crippen molar-refractivity contribution in [3.05, 3.63) is 42.0 Å². The molecule has 5 nitrogen and oxygen atoms in total. The number of benzene rings is 1. The Morgan fingerprint density at radius 3 is 2.33 bits per heavy atom. The van der Waals surface area contributed by atoms with E-state index in [2.05, 4.69) is 10.6 Å². The van der Waals surface area contributed by atoms with E-state index in [9.17, 15) is 22.8 Å². The summed E-state index contributed by atoms with van der Waals surface area (Å²) in [5.74, 6) is -0.676. The minimum absolute atomic E-state index is 0.00768. The minimum atomic E-state index is -4.67. The van der Waals surface area contributed by atoms with Crippen molar-refractivity contribution >= 4 is 17.6 Å². The first-order valence-electron chi connectivity index (χ1n) is 8.68. The van der Waals surface area contributed by atoms with E-state index >= 15 is 0 Å². The van der Waals surface area contributed by atoms with E-state index in [4.69, 9.17) is 4.74 Å². The highest BCUT2D eigenvalue weighted by Crippen LogP contribution is 2.33. The molecule has 1 atom stereocenters. The fourth-order valence-electron chi connectivity index (χ4n) is 2.45. The molecule has 2 amide bonds. The van der Waals surface area contributed by atoms with Gasteiger partial charge in [-0.2, -0.15) is 13.2 Å². The van der Waals surface area contributed by atoms with Gasteiger partial charge >= 0.3 is 12.3 Å². The minimum Gasteiger partial charge on any atom is -0.450 e. The highest BCUT2D eigenvalue weighted by atomic mass is 19.4. The molecule has 0 aliphatic rings. The summed E-state index contributed by atoms with van der Waals surface area (Å²) in [4.78, 5) is 23.6. The molecule has 150 valence electrons. The van der Waals surface area contributed by atoms with Crippen LogP contribution in [0.25, 0.3) is 5.57 Å². The predicted molar refractivity (Wildman–Crippen MR) is 96.9 cm³/mol. The van der Waals surface area contributed by atoms with Gasteiger partial charge in [0.1, 0.15) is 0 Å². The first kappa shape index (κ1) is 22.5. The van der Waals surface area contributed by atoms with Crippen LogP contribution in [-0.2, 0) is 9.53 Å². The summed E-state index contributed by atoms with van der Waals surface area (Å²) in [5.41, 5.74) is -1.12. The summed E-state index contributed by atoms with van der Waals surface area (Å²) in [5, 5.41) is 5.02. The number of allylic oxidation sites excluding steroid dienone is 1. The summed E-state index contributed by atoms with van der Waals surface area (Å²) in [6.45, 7) is 5.71. The number of rotatable bonds is 8. The molecular formula is C19H25F3N2O3. The number of hydrogen-bond donors (Lipinski definition) is 2. The molecular weight excluding hydrogens is 361 g/mol. The predicted octanol–water partition coefficient (Wildman–Crippen LogP) is 3.91. The van der Waals surface area contributed by atoms with Crippen LogP contribution in [0.5, 0.6) is 0 Å². The molecule has 1 aromatic carbocycles. The van der Waals surface area contributed by atoms with Crippen LogP contribution in [0.1, 0.15) is 32.8 Å². The van der Waals surface area contributed by atoms with Gasteiger partial charge in [-0.1, -0.05) is 44.2 Å². The lowest BCUT2D eigenvalue weighted by Gasteiger charge is -2.20. The maximum atomic E-state index is 13.3. The Morgan fingerprint density at radius 1 is 1.19 bits per heavy atom. The van der Waals surface area contributed by atoms with Crippen molar-refractivity contribution in [2.45, 2.75) is 39.4 Å². The first-order chi connectivity index (χ1) is 12.6. The van der Waals surface area contributed by atoms with Crippen LogP contribution >= 0.6 is 0 Å². The zero-order chi connectivity index (χ0) is 20.4. The second kappa shape index (κ2) is 10.6. The number of hydrogen-bond acceptors (Lipinski definition) is 3. The van der Waals surface area contributed by atoms with Gasteiger partial charge in [-0.3, -0.25) is 4.79 Å². The van der Waals surface area contributed by atoms with Gasteiger partial charge in [0.05, 0.1) is 12.2 Å². The summed E-state index contributed by atoms with van der Waals surface area (Å²) < 4.78 is 44.6. The van der Waals surface area contributed by atoms with E-state index in [-0.39, 0.29) is 24.6 Å². The molecule has 27 heavy (non-hydrogen) atoms. The summed E-state index contributed by atoms with van der Waals surface area (Å²) in [6, 6.07) is 6.65. The summed E-state index contributed by atoms with van der Waals surface area (Å²) in [6.07, 6.45) is -4.23. The largest absolute Gasteiger partial charge is 0.450 e. The van der Waals surface area contributed by atoms with Crippen LogP contribution in [0.3, 0.4) is 0 Å². The summed E-state index contributed by atoms with van der Waals surface area (Å²) in [7, 11) is 0. The molecule has 1 aromatic rings. The Morgan fingerprint density at radius 2 is 1.81 bits per heavy atom. The third kappa shape index (κ3) is 8.61. The Balaban J connectivity index is 2.83. The smallest absolute Gasteiger partial charge is 0.417 e. The normalized spacial score (nSPS) is 13.2. The van der Waals surface area contributed by atoms with Gasteiger partial charge in [-0.25, -0.2) is 4.79 Å². The van der Waals surface area contributed by atoms with Crippen LogP contribution in [0.2, 0.25) is 0 Å². The van der Waals surface area contributed by atoms with Crippen molar-refractivity contribution in [3.8, 4) is 0 Å². The highest BCUT2D eigenvalue weighted by molar-refractivity contribution is 5.96. The van der Waals surface area contributed by atoms with E-state index in [0.29, 0.717) is 12.5 Å². The van der Waals surface area contributed by atoms with Crippen molar-refractivity contribution in [2.24, 2.45) is 5.92 Å². The molecule has 1 rings (SSSR count). The molecule has 8 heteroatoms. The molecule has 0 saturated carbocycles. The molecule has 0 fully saturated rings. The zero-order valence-corrected chi connectivity index (χ0v) is 15.6. The maximum absolute atomic E-state index is 13.3. The molecule has 1 unspecified atom stereocenters. The van der Waals surface area contributed by atoms with Crippen molar-refractivity contribution in [2.75, 3.05) is 13.2 Å². The fraction of sp³-hybridized carbons (Fsp3) is 0.474. The van der Waals surface area contributed by atoms with E-state index in [1.165, 1.54) is 24.3 Å². The van der Waals surface area contributed by atoms with Gasteiger partial charge in [0.15, 0.2) is 0 Å². The van der Waals surface area contributed by atoms with Gasteiger partial charge < -0.3 is 15.4 Å². The molecule has 0 aliphatic carbocycles. The van der Waals surface area contributed by atoms with Crippen molar-refractivity contribution in [3.63, 3.8) is 0 Å². The third-order valence-electron chi connectivity index (χ3n) is 3.54. The molecule has 2 N–H and O–H groups in total. The SMILES string of the molecule is CCOC(=O)NC(CNC(=O)/C=C(/c1ccccc1)C(F)(F)F)CC(C)C. The van der Waals surface area contributed by atoms with Crippen LogP contribution in [-0.4, -0.2) is 37.4 Å². The second-order valence-corrected chi connectivity index (χ2v) is 6.36. The van der Waals surface area contributed by atoms with Gasteiger partial charge in [-0.15, -0.1) is 0 Å². The number of ether oxygens (including phenoxy) is 1. The van der Waals surface area contributed by atoms with Crippen LogP contribution in [0, 0.1) is 5.92 Å². The maximum Gasteiger partial charge on any atom is 0.417 e. The number of alkyl carbamates (subject to hydrolysis) is 1. The van der Waals surface area contributed by atoms with Crippen molar-refractivity contribution < 1.29 is 27.5 Å². The topological polar surface area (TPSA) is 67.4 Å². The zero-order valence-electron chi connectivity index (χ0n) is 15.6. The molecule has 0 saturated heterocycles. The average Bonchev–Trinajstić information content (AvgIpc) is 2.57. The number of carbonyl (C=O) groups is 2. The molecule has 0 bridgehead atoms. The number of alkyl halides is 3. The summed E-state index contributed by atoms with van der Waals surface area (Å²) >= 11 is 0. The van der Waals surface area contributed by atoms with E-state index < -0.39 is 29.8 Å². The fourth-order valence-corrected chi connectivity index (χ4v) is 2.45. The lowest BCUT2D eigenvalue weighted by Crippen LogP contribution is -2.44. The number of nitrogens with one attached hydrogen (secondary N) is 2. The van der Waals surface area contributed by atoms with Gasteiger partial charge in [0.2, 0.25) is 5.91 Å². The first-order valence-corrected chi connectivity index (χ1v) is 8.68. The second-order valence-electron chi connectivity index (χ2n) is 6.36. The van der Waals surface area contributed by atoms with Gasteiger partial charge in [0, 0.05) is 18.7 Å². The highest BCUT2D eigenvalue weighted by Gasteiger charge is 2.35. The molecule has 0 heterocycles. The standard InChI is InChI=1S/C19H25F3N2O3/c1-4-27-18(26)24-15(10-13(2)3)12-23-17(25)11-16(19(20,21)22)14-8-6-5-7-9-14/h5-9,11,13,15H,4,10,12H2,1-3H3,(H,23,25)(H,24,26)/b16-11-. The molecule has 0 aromatic heterocycles. The number of amides is 2. The Bertz CT molecular complexity index is 643. The van der Waals surface area contributed by atoms with Crippen LogP contribution < -0.4 is 10.6 Å². The van der Waals surface area contributed by atoms with E-state index in [0.717, 1.165) is 0 Å².